The molecule has 0 bridgehead atoms. The van der Waals surface area contributed by atoms with E-state index < -0.39 is 17.9 Å². The van der Waals surface area contributed by atoms with Crippen molar-refractivity contribution in [2.75, 3.05) is 7.11 Å². The SMILES string of the molecule is COc1ccc2oc(C(=O)N[C@H](C(N)=O)c3ccccc3)c(C)c2c1. The van der Waals surface area contributed by atoms with Gasteiger partial charge in [0.05, 0.1) is 7.11 Å². The molecule has 0 spiro atoms. The molecular weight excluding hydrogens is 320 g/mol. The van der Waals surface area contributed by atoms with E-state index in [2.05, 4.69) is 5.32 Å². The highest BCUT2D eigenvalue weighted by molar-refractivity contribution is 6.01. The molecule has 0 aliphatic heterocycles. The maximum atomic E-state index is 12.6. The zero-order valence-electron chi connectivity index (χ0n) is 13.9. The van der Waals surface area contributed by atoms with Crippen molar-refractivity contribution in [2.45, 2.75) is 13.0 Å². The lowest BCUT2D eigenvalue weighted by molar-refractivity contribution is -0.120. The molecule has 0 radical (unpaired) electrons. The van der Waals surface area contributed by atoms with Crippen LogP contribution in [0.15, 0.2) is 52.9 Å². The second kappa shape index (κ2) is 6.68. The summed E-state index contributed by atoms with van der Waals surface area (Å²) in [5, 5.41) is 3.42. The fourth-order valence-corrected chi connectivity index (χ4v) is 2.70. The van der Waals surface area contributed by atoms with Crippen molar-refractivity contribution in [3.63, 3.8) is 0 Å². The lowest BCUT2D eigenvalue weighted by Gasteiger charge is -2.15. The molecule has 3 N–H and O–H groups in total. The number of methoxy groups -OCH3 is 1. The first-order valence-corrected chi connectivity index (χ1v) is 7.73. The Balaban J connectivity index is 1.93. The van der Waals surface area contributed by atoms with E-state index in [0.29, 0.717) is 22.5 Å². The molecule has 0 aliphatic rings. The summed E-state index contributed by atoms with van der Waals surface area (Å²) in [7, 11) is 1.57. The minimum absolute atomic E-state index is 0.144. The van der Waals surface area contributed by atoms with Crippen molar-refractivity contribution in [3.8, 4) is 5.75 Å². The van der Waals surface area contributed by atoms with Crippen molar-refractivity contribution in [1.29, 1.82) is 0 Å². The molecule has 0 fully saturated rings. The number of ether oxygens (including phenoxy) is 1. The number of rotatable bonds is 5. The maximum absolute atomic E-state index is 12.6. The lowest BCUT2D eigenvalue weighted by Crippen LogP contribution is -2.37. The number of benzene rings is 2. The number of fused-ring (bicyclic) bond motifs is 1. The molecule has 6 nitrogen and oxygen atoms in total. The van der Waals surface area contributed by atoms with E-state index >= 15 is 0 Å². The fraction of sp³-hybridized carbons (Fsp3) is 0.158. The predicted octanol–water partition coefficient (Wildman–Crippen LogP) is 2.71. The Hall–Kier alpha value is -3.28. The standard InChI is InChI=1S/C19H18N2O4/c1-11-14-10-13(24-2)8-9-15(14)25-17(11)19(23)21-16(18(20)22)12-6-4-3-5-7-12/h3-10,16H,1-2H3,(H2,20,22)(H,21,23)/t16-/m0/s1. The molecule has 1 atom stereocenters. The van der Waals surface area contributed by atoms with Crippen LogP contribution in [0.2, 0.25) is 0 Å². The monoisotopic (exact) mass is 338 g/mol. The summed E-state index contributed by atoms with van der Waals surface area (Å²) in [5.41, 5.74) is 7.29. The molecule has 2 aromatic carbocycles. The Morgan fingerprint density at radius 1 is 1.16 bits per heavy atom. The molecule has 6 heteroatoms. The first kappa shape index (κ1) is 16.6. The van der Waals surface area contributed by atoms with E-state index in [1.165, 1.54) is 0 Å². The van der Waals surface area contributed by atoms with Crippen molar-refractivity contribution in [1.82, 2.24) is 5.32 Å². The summed E-state index contributed by atoms with van der Waals surface area (Å²) in [6.07, 6.45) is 0. The molecule has 128 valence electrons. The Kier molecular flexibility index (Phi) is 4.43. The van der Waals surface area contributed by atoms with Crippen molar-refractivity contribution >= 4 is 22.8 Å². The maximum Gasteiger partial charge on any atom is 0.288 e. The van der Waals surface area contributed by atoms with Gasteiger partial charge in [-0.05, 0) is 30.7 Å². The molecule has 3 rings (SSSR count). The van der Waals surface area contributed by atoms with Crippen LogP contribution in [0.5, 0.6) is 5.75 Å². The van der Waals surface area contributed by atoms with E-state index in [0.717, 1.165) is 5.39 Å². The third kappa shape index (κ3) is 3.19. The summed E-state index contributed by atoms with van der Waals surface area (Å²) in [6.45, 7) is 1.78. The van der Waals surface area contributed by atoms with Crippen LogP contribution in [0, 0.1) is 6.92 Å². The van der Waals surface area contributed by atoms with Gasteiger partial charge in [0.1, 0.15) is 17.4 Å². The second-order valence-corrected chi connectivity index (χ2v) is 5.64. The predicted molar refractivity (Wildman–Crippen MR) is 93.3 cm³/mol. The average molecular weight is 338 g/mol. The van der Waals surface area contributed by atoms with Gasteiger partial charge in [-0.1, -0.05) is 30.3 Å². The highest BCUT2D eigenvalue weighted by Crippen LogP contribution is 2.29. The van der Waals surface area contributed by atoms with Crippen molar-refractivity contribution in [3.05, 3.63) is 65.4 Å². The van der Waals surface area contributed by atoms with Crippen molar-refractivity contribution in [2.24, 2.45) is 5.73 Å². The largest absolute Gasteiger partial charge is 0.497 e. The van der Waals surface area contributed by atoms with Crippen LogP contribution in [-0.2, 0) is 4.79 Å². The number of carbonyl (C=O) groups is 2. The Morgan fingerprint density at radius 2 is 1.88 bits per heavy atom. The van der Waals surface area contributed by atoms with E-state index in [9.17, 15) is 9.59 Å². The summed E-state index contributed by atoms with van der Waals surface area (Å²) < 4.78 is 10.9. The molecular formula is C19H18N2O4. The molecule has 0 unspecified atom stereocenters. The van der Waals surface area contributed by atoms with E-state index in [-0.39, 0.29) is 5.76 Å². The molecule has 25 heavy (non-hydrogen) atoms. The van der Waals surface area contributed by atoms with Gasteiger partial charge in [-0.2, -0.15) is 0 Å². The van der Waals surface area contributed by atoms with Gasteiger partial charge in [-0.25, -0.2) is 0 Å². The number of primary amides is 1. The van der Waals surface area contributed by atoms with Gasteiger partial charge in [0.25, 0.3) is 5.91 Å². The molecule has 0 saturated carbocycles. The summed E-state index contributed by atoms with van der Waals surface area (Å²) in [6, 6.07) is 13.2. The first-order valence-electron chi connectivity index (χ1n) is 7.73. The first-order chi connectivity index (χ1) is 12.0. The fourth-order valence-electron chi connectivity index (χ4n) is 2.70. The van der Waals surface area contributed by atoms with Crippen molar-refractivity contribution < 1.29 is 18.7 Å². The Labute approximate surface area is 144 Å². The molecule has 0 aliphatic carbocycles. The molecule has 2 amide bonds. The van der Waals surface area contributed by atoms with Gasteiger partial charge in [-0.15, -0.1) is 0 Å². The molecule has 0 saturated heterocycles. The quantitative estimate of drug-likeness (QED) is 0.748. The highest BCUT2D eigenvalue weighted by atomic mass is 16.5. The number of furan rings is 1. The zero-order valence-corrected chi connectivity index (χ0v) is 13.9. The minimum Gasteiger partial charge on any atom is -0.497 e. The molecule has 1 aromatic heterocycles. The number of hydrogen-bond acceptors (Lipinski definition) is 4. The van der Waals surface area contributed by atoms with Gasteiger partial charge in [0.2, 0.25) is 5.91 Å². The van der Waals surface area contributed by atoms with Gasteiger partial charge in [0, 0.05) is 10.9 Å². The van der Waals surface area contributed by atoms with Crippen LogP contribution >= 0.6 is 0 Å². The van der Waals surface area contributed by atoms with E-state index in [1.807, 2.05) is 6.07 Å². The van der Waals surface area contributed by atoms with Gasteiger partial charge in [0.15, 0.2) is 5.76 Å². The van der Waals surface area contributed by atoms with Gasteiger partial charge < -0.3 is 20.2 Å². The summed E-state index contributed by atoms with van der Waals surface area (Å²) in [4.78, 5) is 24.4. The third-order valence-electron chi connectivity index (χ3n) is 4.04. The van der Waals surface area contributed by atoms with Crippen LogP contribution in [0.3, 0.4) is 0 Å². The number of aryl methyl sites for hydroxylation is 1. The number of amides is 2. The zero-order chi connectivity index (χ0) is 18.0. The third-order valence-corrected chi connectivity index (χ3v) is 4.04. The summed E-state index contributed by atoms with van der Waals surface area (Å²) >= 11 is 0. The van der Waals surface area contributed by atoms with Gasteiger partial charge in [-0.3, -0.25) is 9.59 Å². The highest BCUT2D eigenvalue weighted by Gasteiger charge is 2.24. The van der Waals surface area contributed by atoms with Crippen LogP contribution in [0.1, 0.15) is 27.7 Å². The normalized spacial score (nSPS) is 11.9. The lowest BCUT2D eigenvalue weighted by atomic mass is 10.1. The Bertz CT molecular complexity index is 931. The smallest absolute Gasteiger partial charge is 0.288 e. The van der Waals surface area contributed by atoms with E-state index in [4.69, 9.17) is 14.9 Å². The van der Waals surface area contributed by atoms with E-state index in [1.54, 1.807) is 56.5 Å². The number of carbonyl (C=O) groups excluding carboxylic acids is 2. The second-order valence-electron chi connectivity index (χ2n) is 5.64. The Morgan fingerprint density at radius 3 is 2.52 bits per heavy atom. The van der Waals surface area contributed by atoms with Crippen LogP contribution in [0.25, 0.3) is 11.0 Å². The van der Waals surface area contributed by atoms with Crippen LogP contribution < -0.4 is 15.8 Å². The molecule has 1 heterocycles. The van der Waals surface area contributed by atoms with Gasteiger partial charge >= 0.3 is 0 Å². The number of nitrogens with two attached hydrogens (primary N) is 1. The number of hydrogen-bond donors (Lipinski definition) is 2. The van der Waals surface area contributed by atoms with Crippen LogP contribution in [0.4, 0.5) is 0 Å². The topological polar surface area (TPSA) is 94.6 Å². The van der Waals surface area contributed by atoms with Crippen LogP contribution in [-0.4, -0.2) is 18.9 Å². The minimum atomic E-state index is -0.934. The summed E-state index contributed by atoms with van der Waals surface area (Å²) in [5.74, 6) is -0.330. The average Bonchev–Trinajstić information content (AvgIpc) is 2.96. The number of nitrogens with one attached hydrogen (secondary N) is 1. The molecule has 3 aromatic rings.